The lowest BCUT2D eigenvalue weighted by atomic mass is 10.0. The van der Waals surface area contributed by atoms with Crippen molar-refractivity contribution >= 4 is 39.0 Å². The SMILES string of the molecule is CCOC(=O)c1c(-c2ccc(OCC)cc2)csc1NC(=O)Cc1cccc2ccccc12. The Kier molecular flexibility index (Phi) is 7.05. The van der Waals surface area contributed by atoms with E-state index >= 15 is 0 Å². The molecule has 4 aromatic rings. The van der Waals surface area contributed by atoms with Gasteiger partial charge in [-0.3, -0.25) is 4.79 Å². The largest absolute Gasteiger partial charge is 0.494 e. The number of carbonyl (C=O) groups excluding carboxylic acids is 2. The predicted octanol–water partition coefficient (Wildman–Crippen LogP) is 6.32. The molecule has 0 aliphatic carbocycles. The number of esters is 1. The van der Waals surface area contributed by atoms with E-state index in [1.807, 2.05) is 79.0 Å². The summed E-state index contributed by atoms with van der Waals surface area (Å²) < 4.78 is 10.8. The van der Waals surface area contributed by atoms with E-state index in [-0.39, 0.29) is 18.9 Å². The Bertz CT molecular complexity index is 1270. The number of amides is 1. The second kappa shape index (κ2) is 10.3. The summed E-state index contributed by atoms with van der Waals surface area (Å²) in [5, 5.41) is 7.43. The first-order valence-electron chi connectivity index (χ1n) is 10.9. The Morgan fingerprint density at radius 3 is 2.42 bits per heavy atom. The van der Waals surface area contributed by atoms with E-state index in [0.29, 0.717) is 17.2 Å². The highest BCUT2D eigenvalue weighted by molar-refractivity contribution is 7.15. The van der Waals surface area contributed by atoms with Gasteiger partial charge in [0, 0.05) is 10.9 Å². The number of hydrogen-bond donors (Lipinski definition) is 1. The lowest BCUT2D eigenvalue weighted by Gasteiger charge is -2.10. The van der Waals surface area contributed by atoms with E-state index in [9.17, 15) is 9.59 Å². The predicted molar refractivity (Wildman–Crippen MR) is 133 cm³/mol. The molecule has 0 aliphatic heterocycles. The van der Waals surface area contributed by atoms with Gasteiger partial charge in [-0.2, -0.15) is 0 Å². The Balaban J connectivity index is 1.61. The van der Waals surface area contributed by atoms with Crippen molar-refractivity contribution in [3.8, 4) is 16.9 Å². The first-order chi connectivity index (χ1) is 16.1. The van der Waals surface area contributed by atoms with Crippen LogP contribution in [0.3, 0.4) is 0 Å². The van der Waals surface area contributed by atoms with Gasteiger partial charge in [0.1, 0.15) is 16.3 Å². The number of nitrogens with one attached hydrogen (secondary N) is 1. The molecule has 0 spiro atoms. The van der Waals surface area contributed by atoms with Crippen molar-refractivity contribution in [2.24, 2.45) is 0 Å². The van der Waals surface area contributed by atoms with Crippen molar-refractivity contribution in [1.82, 2.24) is 0 Å². The van der Waals surface area contributed by atoms with Gasteiger partial charge in [-0.15, -0.1) is 11.3 Å². The second-order valence-corrected chi connectivity index (χ2v) is 8.27. The number of rotatable bonds is 8. The van der Waals surface area contributed by atoms with E-state index < -0.39 is 5.97 Å². The van der Waals surface area contributed by atoms with Crippen LogP contribution in [0.25, 0.3) is 21.9 Å². The molecule has 0 saturated heterocycles. The highest BCUT2D eigenvalue weighted by Gasteiger charge is 2.23. The van der Waals surface area contributed by atoms with Crippen LogP contribution in [-0.4, -0.2) is 25.1 Å². The van der Waals surface area contributed by atoms with Crippen molar-refractivity contribution in [2.75, 3.05) is 18.5 Å². The van der Waals surface area contributed by atoms with Gasteiger partial charge in [-0.25, -0.2) is 4.79 Å². The minimum atomic E-state index is -0.455. The summed E-state index contributed by atoms with van der Waals surface area (Å²) in [4.78, 5) is 25.8. The molecule has 0 aliphatic rings. The standard InChI is InChI=1S/C27H25NO4S/c1-3-31-21-14-12-19(13-15-21)23-17-33-26(25(23)27(30)32-4-2)28-24(29)16-20-10-7-9-18-8-5-6-11-22(18)20/h5-15,17H,3-4,16H2,1-2H3,(H,28,29). The van der Waals surface area contributed by atoms with Crippen LogP contribution in [0.4, 0.5) is 5.00 Å². The van der Waals surface area contributed by atoms with E-state index in [4.69, 9.17) is 9.47 Å². The molecule has 0 saturated carbocycles. The monoisotopic (exact) mass is 459 g/mol. The van der Waals surface area contributed by atoms with Gasteiger partial charge in [0.25, 0.3) is 0 Å². The molecule has 33 heavy (non-hydrogen) atoms. The molecule has 0 unspecified atom stereocenters. The molecule has 0 fully saturated rings. The van der Waals surface area contributed by atoms with Crippen molar-refractivity contribution in [3.63, 3.8) is 0 Å². The van der Waals surface area contributed by atoms with Crippen LogP contribution in [0.15, 0.2) is 72.1 Å². The molecular weight excluding hydrogens is 434 g/mol. The summed E-state index contributed by atoms with van der Waals surface area (Å²) in [6.07, 6.45) is 0.208. The third-order valence-corrected chi connectivity index (χ3v) is 6.13. The van der Waals surface area contributed by atoms with E-state index in [1.54, 1.807) is 6.92 Å². The molecule has 6 heteroatoms. The molecule has 1 amide bonds. The lowest BCUT2D eigenvalue weighted by molar-refractivity contribution is -0.115. The molecule has 1 aromatic heterocycles. The molecular formula is C27H25NO4S. The summed E-state index contributed by atoms with van der Waals surface area (Å²) in [5.74, 6) is 0.123. The average molecular weight is 460 g/mol. The van der Waals surface area contributed by atoms with Crippen molar-refractivity contribution in [2.45, 2.75) is 20.3 Å². The Morgan fingerprint density at radius 2 is 1.67 bits per heavy atom. The number of hydrogen-bond acceptors (Lipinski definition) is 5. The molecule has 1 N–H and O–H groups in total. The third kappa shape index (κ3) is 5.07. The number of thiophene rings is 1. The summed E-state index contributed by atoms with van der Waals surface area (Å²) in [7, 11) is 0. The first kappa shape index (κ1) is 22.6. The zero-order chi connectivity index (χ0) is 23.2. The minimum Gasteiger partial charge on any atom is -0.494 e. The average Bonchev–Trinajstić information content (AvgIpc) is 3.23. The van der Waals surface area contributed by atoms with Crippen LogP contribution in [0.1, 0.15) is 29.8 Å². The summed E-state index contributed by atoms with van der Waals surface area (Å²) in [6, 6.07) is 21.4. The lowest BCUT2D eigenvalue weighted by Crippen LogP contribution is -2.16. The molecule has 1 heterocycles. The van der Waals surface area contributed by atoms with Crippen molar-refractivity contribution in [1.29, 1.82) is 0 Å². The zero-order valence-corrected chi connectivity index (χ0v) is 19.4. The molecule has 0 radical (unpaired) electrons. The van der Waals surface area contributed by atoms with E-state index in [0.717, 1.165) is 33.2 Å². The van der Waals surface area contributed by atoms with Gasteiger partial charge < -0.3 is 14.8 Å². The molecule has 4 rings (SSSR count). The number of anilines is 1. The van der Waals surface area contributed by atoms with Crippen molar-refractivity contribution in [3.05, 3.63) is 83.2 Å². The van der Waals surface area contributed by atoms with Gasteiger partial charge >= 0.3 is 5.97 Å². The Morgan fingerprint density at radius 1 is 0.909 bits per heavy atom. The van der Waals surface area contributed by atoms with Crippen molar-refractivity contribution < 1.29 is 19.1 Å². The fraction of sp³-hybridized carbons (Fsp3) is 0.185. The second-order valence-electron chi connectivity index (χ2n) is 7.39. The quantitative estimate of drug-likeness (QED) is 0.313. The highest BCUT2D eigenvalue weighted by Crippen LogP contribution is 2.37. The Labute approximate surface area is 197 Å². The summed E-state index contributed by atoms with van der Waals surface area (Å²) in [5.41, 5.74) is 2.89. The maximum absolute atomic E-state index is 12.9. The maximum Gasteiger partial charge on any atom is 0.341 e. The van der Waals surface area contributed by atoms with Crippen LogP contribution in [0.2, 0.25) is 0 Å². The maximum atomic E-state index is 12.9. The molecule has 0 bridgehead atoms. The van der Waals surface area contributed by atoms with Gasteiger partial charge in [0.05, 0.1) is 19.6 Å². The number of benzene rings is 3. The van der Waals surface area contributed by atoms with Crippen LogP contribution >= 0.6 is 11.3 Å². The summed E-state index contributed by atoms with van der Waals surface area (Å²) >= 11 is 1.32. The molecule has 5 nitrogen and oxygen atoms in total. The van der Waals surface area contributed by atoms with Crippen LogP contribution < -0.4 is 10.1 Å². The summed E-state index contributed by atoms with van der Waals surface area (Å²) in [6.45, 7) is 4.53. The molecule has 0 atom stereocenters. The number of carbonyl (C=O) groups is 2. The smallest absolute Gasteiger partial charge is 0.341 e. The molecule has 168 valence electrons. The van der Waals surface area contributed by atoms with Gasteiger partial charge in [0.15, 0.2) is 0 Å². The van der Waals surface area contributed by atoms with Gasteiger partial charge in [0.2, 0.25) is 5.91 Å². The number of ether oxygens (including phenoxy) is 2. The van der Waals surface area contributed by atoms with Crippen LogP contribution in [-0.2, 0) is 16.0 Å². The van der Waals surface area contributed by atoms with Crippen LogP contribution in [0, 0.1) is 0 Å². The highest BCUT2D eigenvalue weighted by atomic mass is 32.1. The van der Waals surface area contributed by atoms with Gasteiger partial charge in [-0.1, -0.05) is 54.6 Å². The fourth-order valence-electron chi connectivity index (χ4n) is 3.76. The van der Waals surface area contributed by atoms with Crippen LogP contribution in [0.5, 0.6) is 5.75 Å². The topological polar surface area (TPSA) is 64.6 Å². The fourth-order valence-corrected chi connectivity index (χ4v) is 4.73. The minimum absolute atomic E-state index is 0.183. The van der Waals surface area contributed by atoms with Gasteiger partial charge in [-0.05, 0) is 47.9 Å². The first-order valence-corrected chi connectivity index (χ1v) is 11.8. The Hall–Kier alpha value is -3.64. The zero-order valence-electron chi connectivity index (χ0n) is 18.6. The van der Waals surface area contributed by atoms with E-state index in [2.05, 4.69) is 5.32 Å². The number of fused-ring (bicyclic) bond motifs is 1. The van der Waals surface area contributed by atoms with E-state index in [1.165, 1.54) is 11.3 Å². The molecule has 3 aromatic carbocycles. The normalized spacial score (nSPS) is 10.7. The third-order valence-electron chi connectivity index (χ3n) is 5.23.